The molecule has 5 heteroatoms. The number of hydrogen-bond donors (Lipinski definition) is 1. The van der Waals surface area contributed by atoms with Crippen molar-refractivity contribution in [2.75, 3.05) is 13.0 Å². The Morgan fingerprint density at radius 2 is 2.31 bits per heavy atom. The van der Waals surface area contributed by atoms with Crippen LogP contribution in [0.1, 0.15) is 10.4 Å². The van der Waals surface area contributed by atoms with Crippen molar-refractivity contribution in [2.45, 2.75) is 0 Å². The average molecular weight is 217 g/mol. The topological polar surface area (TPSA) is 70.1 Å². The van der Waals surface area contributed by atoms with Crippen molar-refractivity contribution in [1.82, 2.24) is 9.66 Å². The molecule has 0 aliphatic heterocycles. The maximum atomic E-state index is 11.3. The third-order valence-corrected chi connectivity index (χ3v) is 2.21. The van der Waals surface area contributed by atoms with Gasteiger partial charge in [0.2, 0.25) is 0 Å². The number of hydrogen-bond acceptors (Lipinski definition) is 4. The van der Waals surface area contributed by atoms with Crippen molar-refractivity contribution < 1.29 is 9.53 Å². The van der Waals surface area contributed by atoms with Gasteiger partial charge in [-0.05, 0) is 12.1 Å². The van der Waals surface area contributed by atoms with Crippen molar-refractivity contribution in [3.05, 3.63) is 42.2 Å². The van der Waals surface area contributed by atoms with Crippen molar-refractivity contribution in [3.8, 4) is 11.4 Å². The third-order valence-electron chi connectivity index (χ3n) is 2.21. The summed E-state index contributed by atoms with van der Waals surface area (Å²) in [7, 11) is 1.35. The van der Waals surface area contributed by atoms with Crippen LogP contribution in [0, 0.1) is 0 Å². The Kier molecular flexibility index (Phi) is 2.59. The molecule has 0 aliphatic carbocycles. The molecule has 2 aromatic rings. The molecule has 1 aromatic carbocycles. The molecular formula is C11H11N3O2. The molecule has 0 fully saturated rings. The lowest BCUT2D eigenvalue weighted by molar-refractivity contribution is 0.0601. The SMILES string of the molecule is COC(=O)c1cccc(-c2nccn2N)c1. The first-order valence-electron chi connectivity index (χ1n) is 4.69. The number of aromatic nitrogens is 2. The third kappa shape index (κ3) is 1.75. The number of methoxy groups -OCH3 is 1. The zero-order valence-corrected chi connectivity index (χ0v) is 8.75. The predicted molar refractivity (Wildman–Crippen MR) is 59.2 cm³/mol. The van der Waals surface area contributed by atoms with Crippen LogP contribution >= 0.6 is 0 Å². The van der Waals surface area contributed by atoms with Gasteiger partial charge in [0.15, 0.2) is 5.82 Å². The minimum Gasteiger partial charge on any atom is -0.465 e. The second-order valence-electron chi connectivity index (χ2n) is 3.23. The number of carbonyl (C=O) groups excluding carboxylic acids is 1. The van der Waals surface area contributed by atoms with Crippen LogP contribution < -0.4 is 5.84 Å². The monoisotopic (exact) mass is 217 g/mol. The van der Waals surface area contributed by atoms with Gasteiger partial charge >= 0.3 is 5.97 Å². The number of benzene rings is 1. The molecule has 82 valence electrons. The summed E-state index contributed by atoms with van der Waals surface area (Å²) in [6.07, 6.45) is 3.24. The molecule has 0 amide bonds. The van der Waals surface area contributed by atoms with E-state index in [2.05, 4.69) is 9.72 Å². The van der Waals surface area contributed by atoms with Gasteiger partial charge in [-0.25, -0.2) is 9.78 Å². The van der Waals surface area contributed by atoms with Crippen LogP contribution in [0.15, 0.2) is 36.7 Å². The Hall–Kier alpha value is -2.30. The molecule has 0 radical (unpaired) electrons. The Bertz CT molecular complexity index is 519. The molecule has 0 saturated carbocycles. The van der Waals surface area contributed by atoms with Gasteiger partial charge in [-0.15, -0.1) is 0 Å². The molecule has 0 unspecified atom stereocenters. The van der Waals surface area contributed by atoms with E-state index in [1.807, 2.05) is 6.07 Å². The van der Waals surface area contributed by atoms with Crippen molar-refractivity contribution in [2.24, 2.45) is 0 Å². The molecule has 2 N–H and O–H groups in total. The molecule has 0 saturated heterocycles. The van der Waals surface area contributed by atoms with Crippen LogP contribution in [-0.4, -0.2) is 22.7 Å². The highest BCUT2D eigenvalue weighted by molar-refractivity contribution is 5.90. The second kappa shape index (κ2) is 4.06. The Morgan fingerprint density at radius 3 is 2.94 bits per heavy atom. The number of imidazole rings is 1. The standard InChI is InChI=1S/C11H11N3O2/c1-16-11(15)9-4-2-3-8(7-9)10-13-5-6-14(10)12/h2-7H,12H2,1H3. The molecule has 5 nitrogen and oxygen atoms in total. The summed E-state index contributed by atoms with van der Waals surface area (Å²) in [6.45, 7) is 0. The van der Waals surface area contributed by atoms with E-state index in [1.54, 1.807) is 30.6 Å². The number of carbonyl (C=O) groups is 1. The summed E-state index contributed by atoms with van der Waals surface area (Å²) in [4.78, 5) is 15.4. The average Bonchev–Trinajstić information content (AvgIpc) is 2.74. The van der Waals surface area contributed by atoms with Crippen LogP contribution in [0.3, 0.4) is 0 Å². The summed E-state index contributed by atoms with van der Waals surface area (Å²) in [6, 6.07) is 6.96. The van der Waals surface area contributed by atoms with Crippen LogP contribution in [0.2, 0.25) is 0 Å². The summed E-state index contributed by atoms with van der Waals surface area (Å²) in [5, 5.41) is 0. The maximum absolute atomic E-state index is 11.3. The molecule has 0 bridgehead atoms. The fourth-order valence-electron chi connectivity index (χ4n) is 1.44. The van der Waals surface area contributed by atoms with Gasteiger partial charge in [-0.2, -0.15) is 0 Å². The van der Waals surface area contributed by atoms with Gasteiger partial charge < -0.3 is 10.6 Å². The summed E-state index contributed by atoms with van der Waals surface area (Å²) >= 11 is 0. The van der Waals surface area contributed by atoms with Gasteiger partial charge in [0, 0.05) is 18.0 Å². The fourth-order valence-corrected chi connectivity index (χ4v) is 1.44. The largest absolute Gasteiger partial charge is 0.465 e. The lowest BCUT2D eigenvalue weighted by atomic mass is 10.1. The first kappa shape index (κ1) is 10.2. The van der Waals surface area contributed by atoms with Gasteiger partial charge in [0.1, 0.15) is 0 Å². The van der Waals surface area contributed by atoms with Crippen molar-refractivity contribution >= 4 is 5.97 Å². The highest BCUT2D eigenvalue weighted by Crippen LogP contribution is 2.17. The minimum atomic E-state index is -0.378. The lowest BCUT2D eigenvalue weighted by Gasteiger charge is -2.03. The van der Waals surface area contributed by atoms with E-state index in [0.717, 1.165) is 5.56 Å². The number of esters is 1. The maximum Gasteiger partial charge on any atom is 0.337 e. The van der Waals surface area contributed by atoms with E-state index >= 15 is 0 Å². The van der Waals surface area contributed by atoms with E-state index in [4.69, 9.17) is 5.84 Å². The van der Waals surface area contributed by atoms with Gasteiger partial charge in [-0.3, -0.25) is 4.68 Å². The van der Waals surface area contributed by atoms with Crippen LogP contribution in [0.25, 0.3) is 11.4 Å². The first-order chi connectivity index (χ1) is 7.72. The molecule has 1 heterocycles. The van der Waals surface area contributed by atoms with Crippen LogP contribution in [0.4, 0.5) is 0 Å². The van der Waals surface area contributed by atoms with E-state index in [9.17, 15) is 4.79 Å². The smallest absolute Gasteiger partial charge is 0.337 e. The number of nitrogens with two attached hydrogens (primary N) is 1. The highest BCUT2D eigenvalue weighted by atomic mass is 16.5. The Balaban J connectivity index is 2.44. The Morgan fingerprint density at radius 1 is 1.50 bits per heavy atom. The van der Waals surface area contributed by atoms with Crippen LogP contribution in [-0.2, 0) is 4.74 Å². The van der Waals surface area contributed by atoms with Crippen LogP contribution in [0.5, 0.6) is 0 Å². The van der Waals surface area contributed by atoms with Gasteiger partial charge in [0.05, 0.1) is 12.7 Å². The molecule has 0 aliphatic rings. The van der Waals surface area contributed by atoms with Gasteiger partial charge in [0.25, 0.3) is 0 Å². The normalized spacial score (nSPS) is 10.1. The first-order valence-corrected chi connectivity index (χ1v) is 4.69. The summed E-state index contributed by atoms with van der Waals surface area (Å²) in [5.41, 5.74) is 1.25. The van der Waals surface area contributed by atoms with Crippen molar-refractivity contribution in [3.63, 3.8) is 0 Å². The quantitative estimate of drug-likeness (QED) is 0.603. The fraction of sp³-hybridized carbons (Fsp3) is 0.0909. The zero-order valence-electron chi connectivity index (χ0n) is 8.75. The molecular weight excluding hydrogens is 206 g/mol. The van der Waals surface area contributed by atoms with E-state index in [-0.39, 0.29) is 5.97 Å². The molecule has 0 spiro atoms. The van der Waals surface area contributed by atoms with E-state index in [0.29, 0.717) is 11.4 Å². The predicted octanol–water partition coefficient (Wildman–Crippen LogP) is 1.05. The number of nitrogen functional groups attached to an aromatic ring is 1. The Labute approximate surface area is 92.4 Å². The van der Waals surface area contributed by atoms with E-state index < -0.39 is 0 Å². The second-order valence-corrected chi connectivity index (χ2v) is 3.23. The van der Waals surface area contributed by atoms with Crippen molar-refractivity contribution in [1.29, 1.82) is 0 Å². The molecule has 2 rings (SSSR count). The van der Waals surface area contributed by atoms with E-state index in [1.165, 1.54) is 11.8 Å². The lowest BCUT2D eigenvalue weighted by Crippen LogP contribution is -2.08. The summed E-state index contributed by atoms with van der Waals surface area (Å²) < 4.78 is 6.04. The molecule has 16 heavy (non-hydrogen) atoms. The highest BCUT2D eigenvalue weighted by Gasteiger charge is 2.09. The van der Waals surface area contributed by atoms with Gasteiger partial charge in [-0.1, -0.05) is 12.1 Å². The molecule has 1 aromatic heterocycles. The summed E-state index contributed by atoms with van der Waals surface area (Å²) in [5.74, 6) is 5.89. The number of nitrogens with zero attached hydrogens (tertiary/aromatic N) is 2. The molecule has 0 atom stereocenters. The number of ether oxygens (including phenoxy) is 1. The number of rotatable bonds is 2. The minimum absolute atomic E-state index is 0.378. The zero-order chi connectivity index (χ0) is 11.5.